The molecule has 7 nitrogen and oxygen atoms in total. The van der Waals surface area contributed by atoms with Gasteiger partial charge >= 0.3 is 0 Å². The van der Waals surface area contributed by atoms with Gasteiger partial charge in [-0.2, -0.15) is 10.1 Å². The molecule has 2 heterocycles. The minimum absolute atomic E-state index is 0.298. The van der Waals surface area contributed by atoms with Crippen LogP contribution in [0, 0.1) is 0 Å². The normalized spacial score (nSPS) is 10.7. The molecular formula is C10H7ClN6O. The van der Waals surface area contributed by atoms with Gasteiger partial charge in [0, 0.05) is 5.69 Å². The summed E-state index contributed by atoms with van der Waals surface area (Å²) in [5, 5.41) is 10.6. The molecule has 0 saturated carbocycles. The first-order chi connectivity index (χ1) is 8.74. The SMILES string of the molecule is Nc1ccc(-c2nc(-c3ncn[nH]3)no2)c(Cl)c1. The average Bonchev–Trinajstić information content (AvgIpc) is 2.99. The number of H-pyrrole nitrogens is 1. The second kappa shape index (κ2) is 4.11. The lowest BCUT2D eigenvalue weighted by atomic mass is 10.2. The molecule has 0 bridgehead atoms. The number of halogens is 1. The van der Waals surface area contributed by atoms with Crippen LogP contribution in [0.2, 0.25) is 5.02 Å². The summed E-state index contributed by atoms with van der Waals surface area (Å²) in [6.45, 7) is 0. The van der Waals surface area contributed by atoms with Crippen molar-refractivity contribution in [2.75, 3.05) is 5.73 Å². The fourth-order valence-corrected chi connectivity index (χ4v) is 1.72. The molecular weight excluding hydrogens is 256 g/mol. The Hall–Kier alpha value is -2.41. The maximum Gasteiger partial charge on any atom is 0.259 e. The first-order valence-electron chi connectivity index (χ1n) is 4.99. The van der Waals surface area contributed by atoms with Gasteiger partial charge in [-0.05, 0) is 18.2 Å². The molecule has 0 aliphatic carbocycles. The fourth-order valence-electron chi connectivity index (χ4n) is 1.45. The van der Waals surface area contributed by atoms with Crippen LogP contribution in [0.4, 0.5) is 5.69 Å². The summed E-state index contributed by atoms with van der Waals surface area (Å²) in [7, 11) is 0. The fraction of sp³-hybridized carbons (Fsp3) is 0. The van der Waals surface area contributed by atoms with E-state index in [-0.39, 0.29) is 0 Å². The Bertz CT molecular complexity index is 678. The summed E-state index contributed by atoms with van der Waals surface area (Å²) in [6, 6.07) is 5.05. The molecule has 3 rings (SSSR count). The molecule has 0 unspecified atom stereocenters. The number of rotatable bonds is 2. The van der Waals surface area contributed by atoms with E-state index in [1.54, 1.807) is 18.2 Å². The number of benzene rings is 1. The van der Waals surface area contributed by atoms with E-state index in [4.69, 9.17) is 21.9 Å². The summed E-state index contributed by atoms with van der Waals surface area (Å²) in [5.74, 6) is 1.04. The van der Waals surface area contributed by atoms with Gasteiger partial charge in [0.1, 0.15) is 6.33 Å². The van der Waals surface area contributed by atoms with Crippen molar-refractivity contribution in [3.05, 3.63) is 29.5 Å². The maximum absolute atomic E-state index is 6.05. The molecule has 0 fully saturated rings. The van der Waals surface area contributed by atoms with Crippen LogP contribution in [0.1, 0.15) is 0 Å². The van der Waals surface area contributed by atoms with Gasteiger partial charge in [0.15, 0.2) is 5.82 Å². The highest BCUT2D eigenvalue weighted by molar-refractivity contribution is 6.33. The van der Waals surface area contributed by atoms with Crippen molar-refractivity contribution in [1.82, 2.24) is 25.3 Å². The maximum atomic E-state index is 6.05. The highest BCUT2D eigenvalue weighted by atomic mass is 35.5. The third-order valence-electron chi connectivity index (χ3n) is 2.28. The second-order valence-electron chi connectivity index (χ2n) is 3.50. The molecule has 18 heavy (non-hydrogen) atoms. The van der Waals surface area contributed by atoms with Crippen LogP contribution in [0.25, 0.3) is 23.1 Å². The number of nitrogens with zero attached hydrogens (tertiary/aromatic N) is 4. The van der Waals surface area contributed by atoms with E-state index in [9.17, 15) is 0 Å². The monoisotopic (exact) mass is 262 g/mol. The minimum Gasteiger partial charge on any atom is -0.399 e. The molecule has 2 aromatic heterocycles. The first kappa shape index (κ1) is 10.7. The van der Waals surface area contributed by atoms with Gasteiger partial charge in [0.25, 0.3) is 5.89 Å². The van der Waals surface area contributed by atoms with Crippen molar-refractivity contribution in [3.63, 3.8) is 0 Å². The smallest absolute Gasteiger partial charge is 0.259 e. The van der Waals surface area contributed by atoms with Gasteiger partial charge in [0.05, 0.1) is 10.6 Å². The zero-order valence-electron chi connectivity index (χ0n) is 8.96. The molecule has 3 N–H and O–H groups in total. The van der Waals surface area contributed by atoms with Crippen molar-refractivity contribution in [2.24, 2.45) is 0 Å². The Morgan fingerprint density at radius 2 is 2.22 bits per heavy atom. The quantitative estimate of drug-likeness (QED) is 0.682. The van der Waals surface area contributed by atoms with Gasteiger partial charge < -0.3 is 10.3 Å². The summed E-state index contributed by atoms with van der Waals surface area (Å²) in [6.07, 6.45) is 1.36. The second-order valence-corrected chi connectivity index (χ2v) is 3.90. The number of hydrogen-bond acceptors (Lipinski definition) is 6. The first-order valence-corrected chi connectivity index (χ1v) is 5.36. The van der Waals surface area contributed by atoms with E-state index < -0.39 is 0 Å². The van der Waals surface area contributed by atoms with Gasteiger partial charge in [-0.25, -0.2) is 4.98 Å². The Morgan fingerprint density at radius 3 is 2.94 bits per heavy atom. The molecule has 0 aliphatic rings. The molecule has 3 aromatic rings. The molecule has 0 spiro atoms. The molecule has 0 amide bonds. The van der Waals surface area contributed by atoms with E-state index in [1.165, 1.54) is 6.33 Å². The molecule has 0 radical (unpaired) electrons. The van der Waals surface area contributed by atoms with Crippen LogP contribution in [-0.2, 0) is 0 Å². The lowest BCUT2D eigenvalue weighted by Gasteiger charge is -1.99. The van der Waals surface area contributed by atoms with E-state index in [0.29, 0.717) is 33.8 Å². The Balaban J connectivity index is 2.03. The van der Waals surface area contributed by atoms with Crippen LogP contribution in [0.15, 0.2) is 29.0 Å². The molecule has 0 aliphatic heterocycles. The van der Waals surface area contributed by atoms with Crippen molar-refractivity contribution in [1.29, 1.82) is 0 Å². The Morgan fingerprint density at radius 1 is 1.33 bits per heavy atom. The van der Waals surface area contributed by atoms with E-state index in [2.05, 4.69) is 25.3 Å². The van der Waals surface area contributed by atoms with Crippen molar-refractivity contribution in [3.8, 4) is 23.1 Å². The topological polar surface area (TPSA) is 107 Å². The van der Waals surface area contributed by atoms with Crippen molar-refractivity contribution in [2.45, 2.75) is 0 Å². The van der Waals surface area contributed by atoms with Crippen LogP contribution in [0.5, 0.6) is 0 Å². The summed E-state index contributed by atoms with van der Waals surface area (Å²) >= 11 is 6.05. The van der Waals surface area contributed by atoms with E-state index in [0.717, 1.165) is 0 Å². The lowest BCUT2D eigenvalue weighted by Crippen LogP contribution is -1.87. The zero-order valence-corrected chi connectivity index (χ0v) is 9.72. The number of aromatic amines is 1. The molecule has 1 aromatic carbocycles. The van der Waals surface area contributed by atoms with Crippen LogP contribution < -0.4 is 5.73 Å². The molecule has 0 atom stereocenters. The highest BCUT2D eigenvalue weighted by Gasteiger charge is 2.14. The largest absolute Gasteiger partial charge is 0.399 e. The molecule has 0 saturated heterocycles. The molecule has 8 heteroatoms. The Labute approximate surface area is 106 Å². The minimum atomic E-state index is 0.298. The van der Waals surface area contributed by atoms with E-state index >= 15 is 0 Å². The summed E-state index contributed by atoms with van der Waals surface area (Å²) in [5.41, 5.74) is 6.80. The van der Waals surface area contributed by atoms with Gasteiger partial charge in [-0.3, -0.25) is 5.10 Å². The van der Waals surface area contributed by atoms with Crippen LogP contribution >= 0.6 is 11.6 Å². The number of anilines is 1. The average molecular weight is 263 g/mol. The number of nitrogen functional groups attached to an aromatic ring is 1. The van der Waals surface area contributed by atoms with Crippen molar-refractivity contribution < 1.29 is 4.52 Å². The number of nitrogens with two attached hydrogens (primary N) is 1. The van der Waals surface area contributed by atoms with Gasteiger partial charge in [-0.1, -0.05) is 16.8 Å². The zero-order chi connectivity index (χ0) is 12.5. The predicted octanol–water partition coefficient (Wildman–Crippen LogP) is 1.76. The number of hydrogen-bond donors (Lipinski definition) is 2. The van der Waals surface area contributed by atoms with Crippen LogP contribution in [0.3, 0.4) is 0 Å². The predicted molar refractivity (Wildman–Crippen MR) is 64.5 cm³/mol. The van der Waals surface area contributed by atoms with Gasteiger partial charge in [0.2, 0.25) is 5.82 Å². The van der Waals surface area contributed by atoms with Crippen LogP contribution in [-0.4, -0.2) is 25.3 Å². The number of aromatic nitrogens is 5. The highest BCUT2D eigenvalue weighted by Crippen LogP contribution is 2.29. The standard InChI is InChI=1S/C10H7ClN6O/c11-7-3-5(12)1-2-6(7)10-15-9(17-18-10)8-13-4-14-16-8/h1-4H,12H2,(H,13,14,16). The van der Waals surface area contributed by atoms with E-state index in [1.807, 2.05) is 0 Å². The third-order valence-corrected chi connectivity index (χ3v) is 2.59. The van der Waals surface area contributed by atoms with Gasteiger partial charge in [-0.15, -0.1) is 0 Å². The third kappa shape index (κ3) is 1.80. The Kier molecular flexibility index (Phi) is 2.45. The van der Waals surface area contributed by atoms with Crippen molar-refractivity contribution >= 4 is 17.3 Å². The molecule has 90 valence electrons. The lowest BCUT2D eigenvalue weighted by molar-refractivity contribution is 0.432. The summed E-state index contributed by atoms with van der Waals surface area (Å²) < 4.78 is 5.12. The number of nitrogens with one attached hydrogen (secondary N) is 1. The summed E-state index contributed by atoms with van der Waals surface area (Å²) in [4.78, 5) is 8.10.